The number of fused-ring (bicyclic) bond motifs is 1. The molecule has 0 N–H and O–H groups in total. The van der Waals surface area contributed by atoms with Crippen molar-refractivity contribution in [1.82, 2.24) is 14.1 Å². The first-order chi connectivity index (χ1) is 16.9. The van der Waals surface area contributed by atoms with Crippen molar-refractivity contribution in [2.24, 2.45) is 0 Å². The standard InChI is InChI=1S/C27H29N3O5/c1-17(2)34-20-12-10-19(11-13-20)25-28-23(18(3)35-25)16-29-24-9-5-4-8-22(24)26(31)30(27(29)32)15-21-7-6-14-33-21/h4-5,8-13,17,21H,6-7,14-16H2,1-3H3. The predicted molar refractivity (Wildman–Crippen MR) is 133 cm³/mol. The smallest absolute Gasteiger partial charge is 0.331 e. The minimum Gasteiger partial charge on any atom is -0.491 e. The molecule has 1 saturated heterocycles. The van der Waals surface area contributed by atoms with Crippen LogP contribution in [0.2, 0.25) is 0 Å². The van der Waals surface area contributed by atoms with Crippen molar-refractivity contribution in [3.05, 3.63) is 80.8 Å². The number of rotatable bonds is 7. The van der Waals surface area contributed by atoms with Gasteiger partial charge in [0.15, 0.2) is 0 Å². The van der Waals surface area contributed by atoms with E-state index in [1.54, 1.807) is 22.8 Å². The molecule has 8 heteroatoms. The summed E-state index contributed by atoms with van der Waals surface area (Å²) in [7, 11) is 0. The number of aromatic nitrogens is 3. The van der Waals surface area contributed by atoms with Gasteiger partial charge in [-0.2, -0.15) is 0 Å². The Labute approximate surface area is 202 Å². The zero-order chi connectivity index (χ0) is 24.5. The van der Waals surface area contributed by atoms with E-state index in [1.165, 1.54) is 4.57 Å². The van der Waals surface area contributed by atoms with Crippen LogP contribution >= 0.6 is 0 Å². The second kappa shape index (κ2) is 9.54. The van der Waals surface area contributed by atoms with Gasteiger partial charge >= 0.3 is 5.69 Å². The van der Waals surface area contributed by atoms with E-state index in [4.69, 9.17) is 13.9 Å². The van der Waals surface area contributed by atoms with Crippen LogP contribution in [0.5, 0.6) is 5.75 Å². The number of para-hydroxylation sites is 1. The molecule has 35 heavy (non-hydrogen) atoms. The minimum atomic E-state index is -0.372. The maximum Gasteiger partial charge on any atom is 0.331 e. The summed E-state index contributed by atoms with van der Waals surface area (Å²) in [6, 6.07) is 14.7. The van der Waals surface area contributed by atoms with Crippen molar-refractivity contribution >= 4 is 10.9 Å². The molecule has 0 saturated carbocycles. The molecule has 0 aliphatic carbocycles. The molecule has 1 aliphatic rings. The number of ether oxygens (including phenoxy) is 2. The van der Waals surface area contributed by atoms with Crippen LogP contribution in [-0.2, 0) is 17.8 Å². The van der Waals surface area contributed by atoms with Gasteiger partial charge in [0.05, 0.1) is 36.2 Å². The molecule has 2 aromatic carbocycles. The van der Waals surface area contributed by atoms with Crippen molar-refractivity contribution in [2.45, 2.75) is 58.9 Å². The number of hydrogen-bond acceptors (Lipinski definition) is 6. The Morgan fingerprint density at radius 2 is 1.86 bits per heavy atom. The Morgan fingerprint density at radius 1 is 1.09 bits per heavy atom. The second-order valence-electron chi connectivity index (χ2n) is 9.15. The maximum atomic E-state index is 13.5. The molecular weight excluding hydrogens is 446 g/mol. The van der Waals surface area contributed by atoms with Gasteiger partial charge < -0.3 is 13.9 Å². The first kappa shape index (κ1) is 23.1. The Kier molecular flexibility index (Phi) is 6.30. The van der Waals surface area contributed by atoms with E-state index in [-0.39, 0.29) is 36.5 Å². The van der Waals surface area contributed by atoms with E-state index in [0.29, 0.717) is 34.9 Å². The highest BCUT2D eigenvalue weighted by atomic mass is 16.5. The SMILES string of the molecule is Cc1oc(-c2ccc(OC(C)C)cc2)nc1Cn1c(=O)n(CC2CCCO2)c(=O)c2ccccc21. The molecule has 0 amide bonds. The average Bonchev–Trinajstić information content (AvgIpc) is 3.49. The van der Waals surface area contributed by atoms with Crippen molar-refractivity contribution < 1.29 is 13.9 Å². The van der Waals surface area contributed by atoms with Crippen molar-refractivity contribution in [1.29, 1.82) is 0 Å². The van der Waals surface area contributed by atoms with Gasteiger partial charge in [0, 0.05) is 12.2 Å². The molecule has 2 aromatic heterocycles. The average molecular weight is 476 g/mol. The minimum absolute atomic E-state index is 0.0908. The van der Waals surface area contributed by atoms with Crippen LogP contribution in [-0.4, -0.2) is 32.9 Å². The van der Waals surface area contributed by atoms with Gasteiger partial charge in [-0.05, 0) is 70.0 Å². The topological polar surface area (TPSA) is 88.5 Å². The van der Waals surface area contributed by atoms with Gasteiger partial charge in [-0.25, -0.2) is 9.78 Å². The van der Waals surface area contributed by atoms with Gasteiger partial charge in [-0.3, -0.25) is 13.9 Å². The Morgan fingerprint density at radius 3 is 2.57 bits per heavy atom. The van der Waals surface area contributed by atoms with Gasteiger partial charge in [0.2, 0.25) is 5.89 Å². The molecule has 1 unspecified atom stereocenters. The Balaban J connectivity index is 1.51. The fraction of sp³-hybridized carbons (Fsp3) is 0.370. The zero-order valence-corrected chi connectivity index (χ0v) is 20.2. The first-order valence-electron chi connectivity index (χ1n) is 12.0. The van der Waals surface area contributed by atoms with Crippen LogP contribution in [0.4, 0.5) is 0 Å². The third kappa shape index (κ3) is 4.66. The summed E-state index contributed by atoms with van der Waals surface area (Å²) in [5, 5.41) is 0.493. The maximum absolute atomic E-state index is 13.5. The van der Waals surface area contributed by atoms with Crippen molar-refractivity contribution in [2.75, 3.05) is 6.61 Å². The number of hydrogen-bond donors (Lipinski definition) is 0. The molecule has 0 radical (unpaired) electrons. The molecule has 5 rings (SSSR count). The lowest BCUT2D eigenvalue weighted by Gasteiger charge is -2.16. The van der Waals surface area contributed by atoms with Crippen LogP contribution in [0.1, 0.15) is 38.1 Å². The van der Waals surface area contributed by atoms with Crippen LogP contribution in [0.3, 0.4) is 0 Å². The number of oxazole rings is 1. The van der Waals surface area contributed by atoms with Gasteiger partial charge in [-0.1, -0.05) is 12.1 Å². The highest BCUT2D eigenvalue weighted by Crippen LogP contribution is 2.25. The molecule has 4 aromatic rings. The lowest BCUT2D eigenvalue weighted by atomic mass is 10.2. The summed E-state index contributed by atoms with van der Waals surface area (Å²) in [5.41, 5.74) is 1.36. The molecule has 3 heterocycles. The number of nitrogens with zero attached hydrogens (tertiary/aromatic N) is 3. The molecule has 0 bridgehead atoms. The van der Waals surface area contributed by atoms with E-state index in [2.05, 4.69) is 4.98 Å². The summed E-state index contributed by atoms with van der Waals surface area (Å²) in [4.78, 5) is 31.3. The lowest BCUT2D eigenvalue weighted by Crippen LogP contribution is -2.42. The summed E-state index contributed by atoms with van der Waals surface area (Å²) < 4.78 is 20.2. The summed E-state index contributed by atoms with van der Waals surface area (Å²) >= 11 is 0. The summed E-state index contributed by atoms with van der Waals surface area (Å²) in [6.45, 7) is 6.88. The van der Waals surface area contributed by atoms with E-state index in [9.17, 15) is 9.59 Å². The molecule has 1 atom stereocenters. The van der Waals surface area contributed by atoms with Crippen LogP contribution < -0.4 is 16.0 Å². The van der Waals surface area contributed by atoms with E-state index >= 15 is 0 Å². The van der Waals surface area contributed by atoms with Gasteiger partial charge in [0.25, 0.3) is 5.56 Å². The highest BCUT2D eigenvalue weighted by Gasteiger charge is 2.22. The molecular formula is C27H29N3O5. The van der Waals surface area contributed by atoms with Crippen LogP contribution in [0.15, 0.2) is 62.5 Å². The van der Waals surface area contributed by atoms with Gasteiger partial charge in [0.1, 0.15) is 17.2 Å². The normalized spacial score (nSPS) is 15.8. The Bertz CT molecular complexity index is 1460. The highest BCUT2D eigenvalue weighted by molar-refractivity contribution is 5.77. The fourth-order valence-corrected chi connectivity index (χ4v) is 4.47. The number of aryl methyl sites for hydroxylation is 1. The molecule has 0 spiro atoms. The predicted octanol–water partition coefficient (Wildman–Crippen LogP) is 4.14. The zero-order valence-electron chi connectivity index (χ0n) is 20.2. The second-order valence-corrected chi connectivity index (χ2v) is 9.15. The third-order valence-corrected chi connectivity index (χ3v) is 6.22. The molecule has 1 aliphatic heterocycles. The Hall–Kier alpha value is -3.65. The first-order valence-corrected chi connectivity index (χ1v) is 12.0. The third-order valence-electron chi connectivity index (χ3n) is 6.22. The number of benzene rings is 2. The van der Waals surface area contributed by atoms with E-state index in [1.807, 2.05) is 51.1 Å². The summed E-state index contributed by atoms with van der Waals surface area (Å²) in [6.07, 6.45) is 1.74. The van der Waals surface area contributed by atoms with Gasteiger partial charge in [-0.15, -0.1) is 0 Å². The quantitative estimate of drug-likeness (QED) is 0.399. The fourth-order valence-electron chi connectivity index (χ4n) is 4.47. The van der Waals surface area contributed by atoms with Crippen LogP contribution in [0, 0.1) is 6.92 Å². The summed E-state index contributed by atoms with van der Waals surface area (Å²) in [5.74, 6) is 1.87. The molecule has 1 fully saturated rings. The monoisotopic (exact) mass is 475 g/mol. The van der Waals surface area contributed by atoms with Crippen molar-refractivity contribution in [3.8, 4) is 17.2 Å². The largest absolute Gasteiger partial charge is 0.491 e. The van der Waals surface area contributed by atoms with Crippen molar-refractivity contribution in [3.63, 3.8) is 0 Å². The molecule has 8 nitrogen and oxygen atoms in total. The van der Waals surface area contributed by atoms with E-state index in [0.717, 1.165) is 24.2 Å². The lowest BCUT2D eigenvalue weighted by molar-refractivity contribution is 0.0948. The van der Waals surface area contributed by atoms with E-state index < -0.39 is 0 Å². The van der Waals surface area contributed by atoms with Crippen LogP contribution in [0.25, 0.3) is 22.4 Å². The molecule has 182 valence electrons.